The van der Waals surface area contributed by atoms with Crippen molar-refractivity contribution in [3.63, 3.8) is 0 Å². The summed E-state index contributed by atoms with van der Waals surface area (Å²) in [5.74, 6) is 0.490. The summed E-state index contributed by atoms with van der Waals surface area (Å²) in [5.41, 5.74) is 5.45. The molecule has 2 aromatic heterocycles. The van der Waals surface area contributed by atoms with Gasteiger partial charge < -0.3 is 19.1 Å². The molecule has 0 bridgehead atoms. The summed E-state index contributed by atoms with van der Waals surface area (Å²) < 4.78 is 13.0. The van der Waals surface area contributed by atoms with Crippen LogP contribution in [0, 0.1) is 0 Å². The third kappa shape index (κ3) is 2.35. The molecule has 132 valence electrons. The van der Waals surface area contributed by atoms with Crippen LogP contribution in [0.1, 0.15) is 16.1 Å². The van der Waals surface area contributed by atoms with Crippen LogP contribution in [0.4, 0.5) is 0 Å². The molecule has 0 radical (unpaired) electrons. The van der Waals surface area contributed by atoms with Gasteiger partial charge in [0.15, 0.2) is 11.5 Å². The quantitative estimate of drug-likeness (QED) is 0.720. The Bertz CT molecular complexity index is 1010. The van der Waals surface area contributed by atoms with E-state index in [-0.39, 0.29) is 0 Å². The SMILES string of the molecule is Bc1c2c(cc(OC)c1OC)-c1c(-c3cccs3)cc(C(=O)O)n1CC2. The number of fused-ring (bicyclic) bond motifs is 3. The Kier molecular flexibility index (Phi) is 4.03. The fourth-order valence-electron chi connectivity index (χ4n) is 3.84. The molecule has 1 N–H and O–H groups in total. The van der Waals surface area contributed by atoms with Gasteiger partial charge in [0, 0.05) is 22.5 Å². The predicted molar refractivity (Wildman–Crippen MR) is 105 cm³/mol. The second-order valence-corrected chi connectivity index (χ2v) is 7.19. The molecule has 7 heteroatoms. The number of benzene rings is 1. The number of ether oxygens (including phenoxy) is 2. The Hall–Kier alpha value is -2.67. The molecular formula is C19H18BNO4S. The summed E-state index contributed by atoms with van der Waals surface area (Å²) in [6, 6.07) is 7.75. The van der Waals surface area contributed by atoms with Gasteiger partial charge in [-0.05, 0) is 41.0 Å². The van der Waals surface area contributed by atoms with Crippen LogP contribution in [0.15, 0.2) is 29.6 Å². The zero-order valence-electron chi connectivity index (χ0n) is 14.8. The third-order valence-electron chi connectivity index (χ3n) is 4.98. The summed E-state index contributed by atoms with van der Waals surface area (Å²) in [6.45, 7) is 0.631. The molecule has 1 aliphatic heterocycles. The monoisotopic (exact) mass is 367 g/mol. The van der Waals surface area contributed by atoms with Crippen LogP contribution in [0.3, 0.4) is 0 Å². The minimum Gasteiger partial charge on any atom is -0.493 e. The maximum absolute atomic E-state index is 11.8. The van der Waals surface area contributed by atoms with E-state index in [4.69, 9.17) is 9.47 Å². The number of methoxy groups -OCH3 is 2. The Morgan fingerprint density at radius 2 is 2.08 bits per heavy atom. The van der Waals surface area contributed by atoms with Gasteiger partial charge in [-0.3, -0.25) is 0 Å². The fraction of sp³-hybridized carbons (Fsp3) is 0.211. The highest BCUT2D eigenvalue weighted by molar-refractivity contribution is 7.13. The van der Waals surface area contributed by atoms with Crippen LogP contribution in [0.2, 0.25) is 0 Å². The molecule has 0 amide bonds. The average molecular weight is 367 g/mol. The van der Waals surface area contributed by atoms with Crippen molar-refractivity contribution < 1.29 is 19.4 Å². The van der Waals surface area contributed by atoms with Crippen LogP contribution >= 0.6 is 11.3 Å². The summed E-state index contributed by atoms with van der Waals surface area (Å²) in [7, 11) is 5.29. The largest absolute Gasteiger partial charge is 0.493 e. The zero-order valence-corrected chi connectivity index (χ0v) is 15.6. The number of carboxylic acid groups (broad SMARTS) is 1. The standard InChI is InChI=1S/C19H18BNO4S/c1-24-14-9-11-10(16(20)18(14)25-2)5-6-21-13(19(22)23)8-12(17(11)21)15-4-3-7-26-15/h3-4,7-9H,5-6,20H2,1-2H3,(H,22,23). The van der Waals surface area contributed by atoms with Crippen LogP contribution < -0.4 is 14.9 Å². The summed E-state index contributed by atoms with van der Waals surface area (Å²) in [5, 5.41) is 11.7. The van der Waals surface area contributed by atoms with Crippen LogP contribution in [0.25, 0.3) is 21.7 Å². The molecule has 1 aromatic carbocycles. The van der Waals surface area contributed by atoms with E-state index in [0.29, 0.717) is 18.0 Å². The summed E-state index contributed by atoms with van der Waals surface area (Å²) >= 11 is 1.61. The topological polar surface area (TPSA) is 60.7 Å². The molecule has 0 fully saturated rings. The zero-order chi connectivity index (χ0) is 18.4. The number of aromatic carboxylic acids is 1. The number of rotatable bonds is 4. The van der Waals surface area contributed by atoms with Crippen molar-refractivity contribution in [3.05, 3.63) is 40.9 Å². The van der Waals surface area contributed by atoms with Gasteiger partial charge in [0.05, 0.1) is 19.9 Å². The number of carboxylic acids is 1. The Labute approximate surface area is 156 Å². The van der Waals surface area contributed by atoms with Crippen molar-refractivity contribution in [2.24, 2.45) is 0 Å². The van der Waals surface area contributed by atoms with Gasteiger partial charge in [0.2, 0.25) is 0 Å². The number of carbonyl (C=O) groups is 1. The average Bonchev–Trinajstić information content (AvgIpc) is 3.28. The highest BCUT2D eigenvalue weighted by atomic mass is 32.1. The van der Waals surface area contributed by atoms with E-state index in [2.05, 4.69) is 0 Å². The summed E-state index contributed by atoms with van der Waals surface area (Å²) in [4.78, 5) is 12.9. The van der Waals surface area contributed by atoms with Gasteiger partial charge in [0.25, 0.3) is 0 Å². The lowest BCUT2D eigenvalue weighted by molar-refractivity contribution is 0.0685. The normalized spacial score (nSPS) is 12.4. The maximum atomic E-state index is 11.8. The molecule has 0 aliphatic carbocycles. The minimum absolute atomic E-state index is 0.321. The van der Waals surface area contributed by atoms with E-state index >= 15 is 0 Å². The molecule has 4 rings (SSSR count). The lowest BCUT2D eigenvalue weighted by atomic mass is 9.82. The molecule has 3 aromatic rings. The number of aromatic nitrogens is 1. The maximum Gasteiger partial charge on any atom is 0.352 e. The molecule has 26 heavy (non-hydrogen) atoms. The van der Waals surface area contributed by atoms with Gasteiger partial charge in [-0.2, -0.15) is 0 Å². The van der Waals surface area contributed by atoms with E-state index in [1.807, 2.05) is 36.0 Å². The smallest absolute Gasteiger partial charge is 0.352 e. The van der Waals surface area contributed by atoms with E-state index in [1.54, 1.807) is 31.6 Å². The van der Waals surface area contributed by atoms with Gasteiger partial charge in [-0.1, -0.05) is 6.07 Å². The van der Waals surface area contributed by atoms with Gasteiger partial charge in [-0.15, -0.1) is 11.3 Å². The second kappa shape index (κ2) is 6.25. The first-order valence-corrected chi connectivity index (χ1v) is 9.20. The minimum atomic E-state index is -0.908. The van der Waals surface area contributed by atoms with Crippen molar-refractivity contribution >= 4 is 30.6 Å². The molecule has 5 nitrogen and oxygen atoms in total. The van der Waals surface area contributed by atoms with E-state index in [1.165, 1.54) is 5.56 Å². The fourth-order valence-corrected chi connectivity index (χ4v) is 4.58. The Morgan fingerprint density at radius 3 is 2.69 bits per heavy atom. The number of hydrogen-bond donors (Lipinski definition) is 1. The van der Waals surface area contributed by atoms with Crippen LogP contribution in [0.5, 0.6) is 11.5 Å². The van der Waals surface area contributed by atoms with Crippen LogP contribution in [-0.2, 0) is 13.0 Å². The molecule has 1 aliphatic rings. The Morgan fingerprint density at radius 1 is 1.27 bits per heavy atom. The lowest BCUT2D eigenvalue weighted by Gasteiger charge is -2.26. The van der Waals surface area contributed by atoms with Crippen molar-refractivity contribution in [1.82, 2.24) is 4.57 Å². The van der Waals surface area contributed by atoms with Crippen molar-refractivity contribution in [2.75, 3.05) is 14.2 Å². The summed E-state index contributed by atoms with van der Waals surface area (Å²) in [6.07, 6.45) is 0.757. The van der Waals surface area contributed by atoms with Gasteiger partial charge >= 0.3 is 5.97 Å². The number of nitrogens with zero attached hydrogens (tertiary/aromatic N) is 1. The van der Waals surface area contributed by atoms with Crippen molar-refractivity contribution in [1.29, 1.82) is 0 Å². The van der Waals surface area contributed by atoms with Crippen molar-refractivity contribution in [2.45, 2.75) is 13.0 Å². The third-order valence-corrected chi connectivity index (χ3v) is 5.89. The molecule has 0 saturated heterocycles. The first-order chi connectivity index (χ1) is 12.6. The molecule has 0 unspecified atom stereocenters. The molecule has 0 saturated carbocycles. The first-order valence-electron chi connectivity index (χ1n) is 8.32. The molecular weight excluding hydrogens is 349 g/mol. The molecule has 3 heterocycles. The van der Waals surface area contributed by atoms with Gasteiger partial charge in [0.1, 0.15) is 13.5 Å². The second-order valence-electron chi connectivity index (χ2n) is 6.24. The Balaban J connectivity index is 2.06. The van der Waals surface area contributed by atoms with Crippen molar-refractivity contribution in [3.8, 4) is 33.2 Å². The van der Waals surface area contributed by atoms with E-state index in [9.17, 15) is 9.90 Å². The number of thiophene rings is 1. The van der Waals surface area contributed by atoms with Gasteiger partial charge in [-0.25, -0.2) is 4.79 Å². The van der Waals surface area contributed by atoms with E-state index in [0.717, 1.165) is 39.3 Å². The lowest BCUT2D eigenvalue weighted by Crippen LogP contribution is -2.23. The van der Waals surface area contributed by atoms with Crippen LogP contribution in [-0.4, -0.2) is 37.7 Å². The van der Waals surface area contributed by atoms with E-state index < -0.39 is 5.97 Å². The highest BCUT2D eigenvalue weighted by Gasteiger charge is 2.29. The molecule has 0 spiro atoms. The molecule has 0 atom stereocenters. The predicted octanol–water partition coefficient (Wildman–Crippen LogP) is 2.41. The number of hydrogen-bond acceptors (Lipinski definition) is 4. The highest BCUT2D eigenvalue weighted by Crippen LogP contribution is 2.44. The first kappa shape index (κ1) is 16.8.